The number of nitrogens with zero attached hydrogens (tertiary/aromatic N) is 2. The molecule has 1 aromatic heterocycles. The third-order valence-electron chi connectivity index (χ3n) is 3.47. The quantitative estimate of drug-likeness (QED) is 0.673. The molecule has 24 heavy (non-hydrogen) atoms. The molecule has 0 fully saturated rings. The lowest BCUT2D eigenvalue weighted by Crippen LogP contribution is -2.25. The van der Waals surface area contributed by atoms with E-state index in [1.54, 1.807) is 25.1 Å². The lowest BCUT2D eigenvalue weighted by atomic mass is 10.3. The first-order chi connectivity index (χ1) is 11.5. The topological polar surface area (TPSA) is 43.6 Å². The van der Waals surface area contributed by atoms with Crippen LogP contribution in [-0.2, 0) is 11.8 Å². The number of thiazole rings is 1. The van der Waals surface area contributed by atoms with Crippen LogP contribution in [0.25, 0.3) is 10.2 Å². The molecule has 0 aliphatic carbocycles. The maximum Gasteiger partial charge on any atom is 0.289 e. The zero-order valence-electron chi connectivity index (χ0n) is 13.0. The van der Waals surface area contributed by atoms with Gasteiger partial charge < -0.3 is 9.30 Å². The highest BCUT2D eigenvalue weighted by Crippen LogP contribution is 2.28. The number of hydrogen-bond acceptors (Lipinski definition) is 3. The number of rotatable bonds is 3. The molecule has 0 aliphatic heterocycles. The number of aromatic nitrogens is 1. The predicted octanol–water partition coefficient (Wildman–Crippen LogP) is 4.44. The molecule has 124 valence electrons. The van der Waals surface area contributed by atoms with Gasteiger partial charge in [0, 0.05) is 12.1 Å². The van der Waals surface area contributed by atoms with Crippen LogP contribution >= 0.6 is 34.5 Å². The van der Waals surface area contributed by atoms with Crippen molar-refractivity contribution in [3.05, 3.63) is 57.3 Å². The number of para-hydroxylation sites is 1. The molecule has 2 aromatic carbocycles. The Labute approximate surface area is 152 Å². The normalized spacial score (nSPS) is 13.2. The van der Waals surface area contributed by atoms with Gasteiger partial charge in [-0.15, -0.1) is 0 Å². The Morgan fingerprint density at radius 2 is 2.00 bits per heavy atom. The van der Waals surface area contributed by atoms with Crippen LogP contribution < -0.4 is 9.54 Å². The molecule has 1 amide bonds. The molecule has 7 heteroatoms. The van der Waals surface area contributed by atoms with Gasteiger partial charge in [0.15, 0.2) is 10.9 Å². The van der Waals surface area contributed by atoms with E-state index in [-0.39, 0.29) is 5.91 Å². The number of benzene rings is 2. The van der Waals surface area contributed by atoms with E-state index in [1.807, 2.05) is 35.9 Å². The van der Waals surface area contributed by atoms with E-state index in [0.29, 0.717) is 20.6 Å². The van der Waals surface area contributed by atoms with Gasteiger partial charge in [-0.2, -0.15) is 4.99 Å². The number of carbonyl (C=O) groups excluding carboxylic acids is 1. The van der Waals surface area contributed by atoms with E-state index < -0.39 is 6.10 Å². The molecular weight excluding hydrogens is 367 g/mol. The van der Waals surface area contributed by atoms with Crippen LogP contribution in [0.2, 0.25) is 10.0 Å². The minimum Gasteiger partial charge on any atom is -0.479 e. The summed E-state index contributed by atoms with van der Waals surface area (Å²) in [6.07, 6.45) is -0.756. The summed E-state index contributed by atoms with van der Waals surface area (Å²) in [6, 6.07) is 12.8. The molecule has 0 saturated heterocycles. The zero-order chi connectivity index (χ0) is 17.3. The summed E-state index contributed by atoms with van der Waals surface area (Å²) in [5.41, 5.74) is 1.03. The predicted molar refractivity (Wildman–Crippen MR) is 97.9 cm³/mol. The van der Waals surface area contributed by atoms with E-state index in [9.17, 15) is 4.79 Å². The number of carbonyl (C=O) groups is 1. The summed E-state index contributed by atoms with van der Waals surface area (Å²) in [5.74, 6) is 0.0287. The Balaban J connectivity index is 1.86. The van der Waals surface area contributed by atoms with Crippen molar-refractivity contribution in [2.45, 2.75) is 13.0 Å². The largest absolute Gasteiger partial charge is 0.479 e. The molecule has 0 unspecified atom stereocenters. The van der Waals surface area contributed by atoms with Gasteiger partial charge in [0.05, 0.1) is 15.2 Å². The molecule has 1 heterocycles. The van der Waals surface area contributed by atoms with Crippen molar-refractivity contribution in [3.8, 4) is 5.75 Å². The lowest BCUT2D eigenvalue weighted by molar-refractivity contribution is -0.124. The first-order valence-electron chi connectivity index (χ1n) is 7.20. The highest BCUT2D eigenvalue weighted by Gasteiger charge is 2.16. The van der Waals surface area contributed by atoms with Crippen molar-refractivity contribution < 1.29 is 9.53 Å². The van der Waals surface area contributed by atoms with Crippen LogP contribution in [0.5, 0.6) is 5.75 Å². The number of halogens is 2. The SMILES string of the molecule is C[C@H](Oc1ccc(Cl)cc1Cl)C(=O)N=c1sc2ccccc2n1C. The second kappa shape index (κ2) is 6.97. The fourth-order valence-corrected chi connectivity index (χ4v) is 3.66. The summed E-state index contributed by atoms with van der Waals surface area (Å²) in [7, 11) is 1.88. The Kier molecular flexibility index (Phi) is 4.94. The minimum absolute atomic E-state index is 0.356. The minimum atomic E-state index is -0.756. The van der Waals surface area contributed by atoms with Crippen LogP contribution in [-0.4, -0.2) is 16.6 Å². The van der Waals surface area contributed by atoms with Crippen LogP contribution in [0.3, 0.4) is 0 Å². The monoisotopic (exact) mass is 380 g/mol. The fraction of sp³-hybridized carbons (Fsp3) is 0.176. The van der Waals surface area contributed by atoms with Gasteiger partial charge in [-0.1, -0.05) is 46.7 Å². The lowest BCUT2D eigenvalue weighted by Gasteiger charge is -2.12. The summed E-state index contributed by atoms with van der Waals surface area (Å²) in [6.45, 7) is 1.64. The van der Waals surface area contributed by atoms with E-state index >= 15 is 0 Å². The molecule has 0 radical (unpaired) electrons. The van der Waals surface area contributed by atoms with E-state index in [2.05, 4.69) is 4.99 Å². The van der Waals surface area contributed by atoms with Crippen LogP contribution in [0.1, 0.15) is 6.92 Å². The maximum absolute atomic E-state index is 12.4. The zero-order valence-corrected chi connectivity index (χ0v) is 15.3. The van der Waals surface area contributed by atoms with Gasteiger partial charge in [-0.3, -0.25) is 4.79 Å². The molecule has 3 rings (SSSR count). The Morgan fingerprint density at radius 3 is 2.71 bits per heavy atom. The van der Waals surface area contributed by atoms with Gasteiger partial charge >= 0.3 is 0 Å². The summed E-state index contributed by atoms with van der Waals surface area (Å²) in [4.78, 5) is 17.2. The molecule has 0 saturated carbocycles. The van der Waals surface area contributed by atoms with Crippen molar-refractivity contribution in [1.29, 1.82) is 0 Å². The molecule has 0 spiro atoms. The number of amides is 1. The highest BCUT2D eigenvalue weighted by atomic mass is 35.5. The van der Waals surface area contributed by atoms with Crippen LogP contribution in [0.15, 0.2) is 47.5 Å². The van der Waals surface area contributed by atoms with Crippen molar-refractivity contribution in [3.63, 3.8) is 0 Å². The second-order valence-electron chi connectivity index (χ2n) is 5.20. The highest BCUT2D eigenvalue weighted by molar-refractivity contribution is 7.16. The second-order valence-corrected chi connectivity index (χ2v) is 7.05. The van der Waals surface area contributed by atoms with Crippen LogP contribution in [0, 0.1) is 0 Å². The van der Waals surface area contributed by atoms with Crippen molar-refractivity contribution in [2.75, 3.05) is 0 Å². The van der Waals surface area contributed by atoms with E-state index in [1.165, 1.54) is 11.3 Å². The van der Waals surface area contributed by atoms with E-state index in [4.69, 9.17) is 27.9 Å². The number of fused-ring (bicyclic) bond motifs is 1. The van der Waals surface area contributed by atoms with Gasteiger partial charge in [-0.25, -0.2) is 0 Å². The molecule has 1 atom stereocenters. The Hall–Kier alpha value is -1.82. The summed E-state index contributed by atoms with van der Waals surface area (Å²) < 4.78 is 8.57. The Morgan fingerprint density at radius 1 is 1.25 bits per heavy atom. The van der Waals surface area contributed by atoms with Gasteiger partial charge in [0.2, 0.25) is 0 Å². The molecular formula is C17H14Cl2N2O2S. The number of aryl methyl sites for hydroxylation is 1. The van der Waals surface area contributed by atoms with Crippen molar-refractivity contribution >= 4 is 50.7 Å². The average molecular weight is 381 g/mol. The summed E-state index contributed by atoms with van der Waals surface area (Å²) in [5, 5.41) is 0.864. The van der Waals surface area contributed by atoms with Crippen LogP contribution in [0.4, 0.5) is 0 Å². The first kappa shape index (κ1) is 17.0. The van der Waals surface area contributed by atoms with Gasteiger partial charge in [0.1, 0.15) is 5.75 Å². The molecule has 4 nitrogen and oxygen atoms in total. The summed E-state index contributed by atoms with van der Waals surface area (Å²) >= 11 is 13.4. The smallest absolute Gasteiger partial charge is 0.289 e. The third kappa shape index (κ3) is 3.48. The fourth-order valence-electron chi connectivity index (χ4n) is 2.19. The average Bonchev–Trinajstić information content (AvgIpc) is 2.86. The van der Waals surface area contributed by atoms with Crippen molar-refractivity contribution in [1.82, 2.24) is 4.57 Å². The van der Waals surface area contributed by atoms with Crippen molar-refractivity contribution in [2.24, 2.45) is 12.0 Å². The van der Waals surface area contributed by atoms with E-state index in [0.717, 1.165) is 10.2 Å². The molecule has 0 N–H and O–H groups in total. The molecule has 0 bridgehead atoms. The van der Waals surface area contributed by atoms with Gasteiger partial charge in [0.25, 0.3) is 5.91 Å². The standard InChI is InChI=1S/C17H14Cl2N2O2S/c1-10(23-14-8-7-11(18)9-12(14)19)16(22)20-17-21(2)13-5-3-4-6-15(13)24-17/h3-10H,1-2H3/t10-/m0/s1. The Bertz CT molecular complexity index is 978. The maximum atomic E-state index is 12.4. The van der Waals surface area contributed by atoms with Gasteiger partial charge in [-0.05, 0) is 37.3 Å². The molecule has 0 aliphatic rings. The first-order valence-corrected chi connectivity index (χ1v) is 8.78. The number of hydrogen-bond donors (Lipinski definition) is 0. The molecule has 3 aromatic rings. The third-order valence-corrected chi connectivity index (χ3v) is 5.11. The number of ether oxygens (including phenoxy) is 1.